The van der Waals surface area contributed by atoms with Crippen LogP contribution >= 0.6 is 0 Å². The van der Waals surface area contributed by atoms with Crippen molar-refractivity contribution in [1.82, 2.24) is 4.90 Å². The summed E-state index contributed by atoms with van der Waals surface area (Å²) < 4.78 is 11.3. The molecule has 7 nitrogen and oxygen atoms in total. The standard InChI is InChI=1S/C28H29NO6/c30-16-8-7-13-23-14-15-25(31)26(35-23)24(18-21-11-5-2-6-12-21)27(32)29-22(19-34-28(29)33)17-20-9-3-1-4-10-20/h1-6,9-15,22,24,26,30H,7-8,16-19H2/t22-,24-,26-/m1/s1. The van der Waals surface area contributed by atoms with Crippen LogP contribution in [0, 0.1) is 5.92 Å². The number of aliphatic hydroxyl groups is 1. The van der Waals surface area contributed by atoms with Gasteiger partial charge in [-0.2, -0.15) is 0 Å². The lowest BCUT2D eigenvalue weighted by molar-refractivity contribution is -0.143. The van der Waals surface area contributed by atoms with Crippen LogP contribution in [0.25, 0.3) is 0 Å². The average molecular weight is 476 g/mol. The maximum atomic E-state index is 13.9. The number of ether oxygens (including phenoxy) is 2. The molecule has 2 aromatic rings. The normalized spacial score (nSPS) is 21.6. The molecule has 4 rings (SSSR count). The van der Waals surface area contributed by atoms with Gasteiger partial charge in [0.15, 0.2) is 11.9 Å². The summed E-state index contributed by atoms with van der Waals surface area (Å²) in [6.45, 7) is 0.147. The maximum Gasteiger partial charge on any atom is 0.416 e. The third-order valence-electron chi connectivity index (χ3n) is 6.16. The van der Waals surface area contributed by atoms with Gasteiger partial charge in [0.1, 0.15) is 12.4 Å². The highest BCUT2D eigenvalue weighted by molar-refractivity contribution is 6.02. The first-order valence-corrected chi connectivity index (χ1v) is 11.8. The van der Waals surface area contributed by atoms with Crippen LogP contribution in [0.3, 0.4) is 0 Å². The number of carbonyl (C=O) groups is 3. The van der Waals surface area contributed by atoms with Crippen molar-refractivity contribution >= 4 is 17.8 Å². The van der Waals surface area contributed by atoms with Crippen molar-refractivity contribution in [3.05, 3.63) is 95.8 Å². The van der Waals surface area contributed by atoms with Crippen molar-refractivity contribution < 1.29 is 29.0 Å². The summed E-state index contributed by atoms with van der Waals surface area (Å²) in [4.78, 5) is 40.6. The highest BCUT2D eigenvalue weighted by Gasteiger charge is 2.45. The van der Waals surface area contributed by atoms with Crippen molar-refractivity contribution in [3.8, 4) is 0 Å². The molecule has 0 saturated carbocycles. The molecular formula is C28H29NO6. The van der Waals surface area contributed by atoms with Gasteiger partial charge in [0.25, 0.3) is 0 Å². The fourth-order valence-electron chi connectivity index (χ4n) is 4.37. The molecule has 1 N–H and O–H groups in total. The molecule has 2 aliphatic heterocycles. The van der Waals surface area contributed by atoms with E-state index in [4.69, 9.17) is 14.6 Å². The van der Waals surface area contributed by atoms with Crippen LogP contribution < -0.4 is 0 Å². The van der Waals surface area contributed by atoms with Crippen LogP contribution in [0.15, 0.2) is 84.7 Å². The van der Waals surface area contributed by atoms with E-state index in [0.717, 1.165) is 16.0 Å². The minimum Gasteiger partial charge on any atom is -0.482 e. The molecular weight excluding hydrogens is 446 g/mol. The number of hydrogen-bond acceptors (Lipinski definition) is 6. The topological polar surface area (TPSA) is 93.1 Å². The molecule has 2 heterocycles. The largest absolute Gasteiger partial charge is 0.482 e. The Hall–Kier alpha value is -3.71. The van der Waals surface area contributed by atoms with Gasteiger partial charge in [0, 0.05) is 6.61 Å². The molecule has 3 atom stereocenters. The van der Waals surface area contributed by atoms with Crippen LogP contribution in [0.5, 0.6) is 0 Å². The average Bonchev–Trinajstić information content (AvgIpc) is 3.24. The summed E-state index contributed by atoms with van der Waals surface area (Å²) in [7, 11) is 0. The Kier molecular flexibility index (Phi) is 8.11. The third kappa shape index (κ3) is 6.05. The molecule has 0 aromatic heterocycles. The van der Waals surface area contributed by atoms with Crippen molar-refractivity contribution in [3.63, 3.8) is 0 Å². The highest BCUT2D eigenvalue weighted by atomic mass is 16.6. The Labute approximate surface area is 204 Å². The molecule has 7 heteroatoms. The molecule has 2 aliphatic rings. The van der Waals surface area contributed by atoms with Gasteiger partial charge in [-0.15, -0.1) is 0 Å². The van der Waals surface area contributed by atoms with E-state index in [9.17, 15) is 14.4 Å². The van der Waals surface area contributed by atoms with E-state index >= 15 is 0 Å². The van der Waals surface area contributed by atoms with Crippen LogP contribution in [0.1, 0.15) is 24.0 Å². The fraction of sp³-hybridized carbons (Fsp3) is 0.321. The van der Waals surface area contributed by atoms with Gasteiger partial charge in [-0.05, 0) is 55.0 Å². The lowest BCUT2D eigenvalue weighted by atomic mass is 9.88. The minimum absolute atomic E-state index is 0.0465. The van der Waals surface area contributed by atoms with Crippen molar-refractivity contribution in [1.29, 1.82) is 0 Å². The number of rotatable bonds is 9. The predicted molar refractivity (Wildman–Crippen MR) is 129 cm³/mol. The molecule has 2 amide bonds. The number of hydrogen-bond donors (Lipinski definition) is 1. The molecule has 182 valence electrons. The van der Waals surface area contributed by atoms with Crippen molar-refractivity contribution in [2.45, 2.75) is 37.8 Å². The first kappa shape index (κ1) is 24.4. The molecule has 0 unspecified atom stereocenters. The maximum absolute atomic E-state index is 13.9. The van der Waals surface area contributed by atoms with E-state index in [1.807, 2.05) is 60.7 Å². The van der Waals surface area contributed by atoms with Gasteiger partial charge < -0.3 is 14.6 Å². The van der Waals surface area contributed by atoms with E-state index in [0.29, 0.717) is 25.0 Å². The number of allylic oxidation sites excluding steroid dienone is 2. The number of cyclic esters (lactones) is 1. The lowest BCUT2D eigenvalue weighted by Gasteiger charge is -2.31. The molecule has 35 heavy (non-hydrogen) atoms. The van der Waals surface area contributed by atoms with Crippen LogP contribution in [-0.4, -0.2) is 53.1 Å². The van der Waals surface area contributed by atoms with Gasteiger partial charge in [-0.25, -0.2) is 9.69 Å². The SMILES string of the molecule is O=C1C=CC(=CCCCO)O[C@@H]1[C@@H](Cc1ccccc1)C(=O)N1C(=O)OC[C@H]1Cc1ccccc1. The fourth-order valence-corrected chi connectivity index (χ4v) is 4.37. The van der Waals surface area contributed by atoms with Gasteiger partial charge in [-0.1, -0.05) is 60.7 Å². The van der Waals surface area contributed by atoms with Gasteiger partial charge in [-0.3, -0.25) is 9.59 Å². The second kappa shape index (κ2) is 11.6. The monoisotopic (exact) mass is 475 g/mol. The second-order valence-corrected chi connectivity index (χ2v) is 8.67. The number of amides is 2. The van der Waals surface area contributed by atoms with Crippen LogP contribution in [-0.2, 0) is 31.9 Å². The van der Waals surface area contributed by atoms with E-state index in [-0.39, 0.29) is 25.4 Å². The van der Waals surface area contributed by atoms with E-state index in [2.05, 4.69) is 0 Å². The molecule has 1 fully saturated rings. The van der Waals surface area contributed by atoms with Crippen molar-refractivity contribution in [2.24, 2.45) is 5.92 Å². The number of benzene rings is 2. The van der Waals surface area contributed by atoms with Crippen LogP contribution in [0.2, 0.25) is 0 Å². The Balaban J connectivity index is 1.62. The summed E-state index contributed by atoms with van der Waals surface area (Å²) in [5.41, 5.74) is 1.84. The Bertz CT molecular complexity index is 1090. The smallest absolute Gasteiger partial charge is 0.416 e. The zero-order chi connectivity index (χ0) is 24.6. The molecule has 0 radical (unpaired) electrons. The Morgan fingerprint density at radius 3 is 2.40 bits per heavy atom. The summed E-state index contributed by atoms with van der Waals surface area (Å²) in [5, 5.41) is 9.06. The molecule has 0 spiro atoms. The van der Waals surface area contributed by atoms with E-state index in [1.165, 1.54) is 6.08 Å². The number of imide groups is 1. The molecule has 0 aliphatic carbocycles. The quantitative estimate of drug-likeness (QED) is 0.557. The third-order valence-corrected chi connectivity index (χ3v) is 6.16. The van der Waals surface area contributed by atoms with E-state index < -0.39 is 30.1 Å². The number of ketones is 1. The zero-order valence-electron chi connectivity index (χ0n) is 19.4. The number of carbonyl (C=O) groups excluding carboxylic acids is 3. The first-order chi connectivity index (χ1) is 17.1. The second-order valence-electron chi connectivity index (χ2n) is 8.67. The minimum atomic E-state index is -1.07. The summed E-state index contributed by atoms with van der Waals surface area (Å²) in [6, 6.07) is 18.5. The van der Waals surface area contributed by atoms with Gasteiger partial charge in [0.2, 0.25) is 5.91 Å². The molecule has 1 saturated heterocycles. The first-order valence-electron chi connectivity index (χ1n) is 11.8. The van der Waals surface area contributed by atoms with Gasteiger partial charge in [0.05, 0.1) is 12.0 Å². The van der Waals surface area contributed by atoms with Crippen LogP contribution in [0.4, 0.5) is 4.79 Å². The zero-order valence-corrected chi connectivity index (χ0v) is 19.4. The Morgan fingerprint density at radius 1 is 1.03 bits per heavy atom. The van der Waals surface area contributed by atoms with Gasteiger partial charge >= 0.3 is 6.09 Å². The number of unbranched alkanes of at least 4 members (excludes halogenated alkanes) is 1. The summed E-state index contributed by atoms with van der Waals surface area (Å²) in [5.74, 6) is -1.26. The van der Waals surface area contributed by atoms with Crippen molar-refractivity contribution in [2.75, 3.05) is 13.2 Å². The Morgan fingerprint density at radius 2 is 1.71 bits per heavy atom. The predicted octanol–water partition coefficient (Wildman–Crippen LogP) is 3.62. The summed E-state index contributed by atoms with van der Waals surface area (Å²) >= 11 is 0. The lowest BCUT2D eigenvalue weighted by Crippen LogP contribution is -2.49. The molecule has 0 bridgehead atoms. The van der Waals surface area contributed by atoms with E-state index in [1.54, 1.807) is 12.2 Å². The highest BCUT2D eigenvalue weighted by Crippen LogP contribution is 2.28. The number of nitrogens with zero attached hydrogens (tertiary/aromatic N) is 1. The molecule has 2 aromatic carbocycles. The number of aliphatic hydroxyl groups excluding tert-OH is 1. The summed E-state index contributed by atoms with van der Waals surface area (Å²) in [6.07, 6.45) is 4.83.